The number of carbonyl (C=O) groups is 1. The number of benzene rings is 1. The Kier molecular flexibility index (Phi) is 2.59. The second kappa shape index (κ2) is 3.76. The number of rotatable bonds is 2. The number of hydrogen-bond donors (Lipinski definition) is 0. The van der Waals surface area contributed by atoms with Gasteiger partial charge in [0.15, 0.2) is 12.1 Å². The Hall–Kier alpha value is -1.19. The largest absolute Gasteiger partial charge is 0.339 e. The third-order valence-corrected chi connectivity index (χ3v) is 2.39. The van der Waals surface area contributed by atoms with Crippen molar-refractivity contribution in [2.75, 3.05) is 0 Å². The number of aldehydes is 1. The molecule has 1 fully saturated rings. The molecule has 0 aliphatic carbocycles. The topological polar surface area (TPSA) is 35.5 Å². The van der Waals surface area contributed by atoms with Crippen LogP contribution in [0.25, 0.3) is 0 Å². The fourth-order valence-corrected chi connectivity index (χ4v) is 1.79. The summed E-state index contributed by atoms with van der Waals surface area (Å²) in [7, 11) is 0. The summed E-state index contributed by atoms with van der Waals surface area (Å²) in [5.41, 5.74) is 0.972. The minimum Gasteiger partial charge on any atom is -0.339 e. The van der Waals surface area contributed by atoms with Gasteiger partial charge < -0.3 is 14.3 Å². The van der Waals surface area contributed by atoms with Crippen molar-refractivity contribution in [1.29, 1.82) is 0 Å². The molecule has 1 heterocycles. The molecule has 0 radical (unpaired) electrons. The van der Waals surface area contributed by atoms with E-state index in [1.165, 1.54) is 0 Å². The Labute approximate surface area is 89.0 Å². The van der Waals surface area contributed by atoms with Crippen molar-refractivity contribution in [2.24, 2.45) is 0 Å². The average molecular weight is 206 g/mol. The molecule has 0 bridgehead atoms. The van der Waals surface area contributed by atoms with Crippen LogP contribution in [0, 0.1) is 0 Å². The molecule has 0 N–H and O–H groups in total. The van der Waals surface area contributed by atoms with Crippen LogP contribution in [0.5, 0.6) is 0 Å². The second-order valence-electron chi connectivity index (χ2n) is 4.07. The quantitative estimate of drug-likeness (QED) is 0.695. The van der Waals surface area contributed by atoms with Crippen molar-refractivity contribution in [3.63, 3.8) is 0 Å². The minimum atomic E-state index is -0.688. The van der Waals surface area contributed by atoms with Crippen LogP contribution in [0.2, 0.25) is 0 Å². The average Bonchev–Trinajstić information content (AvgIpc) is 2.55. The molecule has 0 unspecified atom stereocenters. The molecule has 3 nitrogen and oxygen atoms in total. The summed E-state index contributed by atoms with van der Waals surface area (Å²) in [5, 5.41) is 0. The summed E-state index contributed by atoms with van der Waals surface area (Å²) >= 11 is 0. The molecule has 15 heavy (non-hydrogen) atoms. The molecule has 2 atom stereocenters. The molecule has 1 aliphatic heterocycles. The van der Waals surface area contributed by atoms with Gasteiger partial charge in [-0.15, -0.1) is 0 Å². The maximum Gasteiger partial charge on any atom is 0.164 e. The van der Waals surface area contributed by atoms with E-state index in [0.29, 0.717) is 0 Å². The molecule has 80 valence electrons. The van der Waals surface area contributed by atoms with Gasteiger partial charge in [-0.25, -0.2) is 0 Å². The normalized spacial score (nSPS) is 28.9. The van der Waals surface area contributed by atoms with Gasteiger partial charge in [-0.05, 0) is 19.4 Å². The first-order valence-corrected chi connectivity index (χ1v) is 4.98. The van der Waals surface area contributed by atoms with Gasteiger partial charge in [0, 0.05) is 0 Å². The smallest absolute Gasteiger partial charge is 0.164 e. The van der Waals surface area contributed by atoms with E-state index in [1.54, 1.807) is 0 Å². The Bertz CT molecular complexity index is 345. The maximum atomic E-state index is 10.9. The van der Waals surface area contributed by atoms with E-state index in [9.17, 15) is 4.79 Å². The molecule has 0 aromatic heterocycles. The summed E-state index contributed by atoms with van der Waals surface area (Å²) < 4.78 is 11.2. The van der Waals surface area contributed by atoms with Crippen LogP contribution in [-0.4, -0.2) is 18.2 Å². The molecule has 3 heteroatoms. The first-order chi connectivity index (χ1) is 7.12. The summed E-state index contributed by atoms with van der Waals surface area (Å²) in [6.07, 6.45) is -0.00650. The molecule has 1 saturated heterocycles. The third kappa shape index (κ3) is 2.08. The zero-order chi connectivity index (χ0) is 10.9. The molecular weight excluding hydrogens is 192 g/mol. The Morgan fingerprint density at radius 1 is 1.20 bits per heavy atom. The van der Waals surface area contributed by atoms with Crippen LogP contribution in [0.15, 0.2) is 30.3 Å². The lowest BCUT2D eigenvalue weighted by Crippen LogP contribution is -2.21. The van der Waals surface area contributed by atoms with Crippen molar-refractivity contribution in [2.45, 2.75) is 31.8 Å². The van der Waals surface area contributed by atoms with E-state index >= 15 is 0 Å². The lowest BCUT2D eigenvalue weighted by atomic mass is 10.1. The van der Waals surface area contributed by atoms with E-state index in [-0.39, 0.29) is 6.10 Å². The number of carbonyl (C=O) groups excluding carboxylic acids is 1. The molecule has 1 aliphatic rings. The Morgan fingerprint density at radius 2 is 1.87 bits per heavy atom. The van der Waals surface area contributed by atoms with E-state index in [2.05, 4.69) is 0 Å². The Balaban J connectivity index is 2.26. The fourth-order valence-electron chi connectivity index (χ4n) is 1.79. The zero-order valence-electron chi connectivity index (χ0n) is 8.84. The van der Waals surface area contributed by atoms with Gasteiger partial charge in [0.05, 0.1) is 0 Å². The van der Waals surface area contributed by atoms with Crippen molar-refractivity contribution in [3.05, 3.63) is 35.9 Å². The van der Waals surface area contributed by atoms with Gasteiger partial charge in [0.2, 0.25) is 0 Å². The summed E-state index contributed by atoms with van der Waals surface area (Å²) in [6, 6.07) is 9.65. The summed E-state index contributed by atoms with van der Waals surface area (Å²) in [4.78, 5) is 10.9. The molecule has 0 amide bonds. The van der Waals surface area contributed by atoms with Gasteiger partial charge in [-0.2, -0.15) is 0 Å². The summed E-state index contributed by atoms with van der Waals surface area (Å²) in [6.45, 7) is 3.62. The molecular formula is C12H14O3. The molecule has 1 aromatic rings. The Morgan fingerprint density at radius 3 is 2.47 bits per heavy atom. The predicted molar refractivity (Wildman–Crippen MR) is 55.3 cm³/mol. The van der Waals surface area contributed by atoms with Gasteiger partial charge in [0.1, 0.15) is 12.2 Å². The predicted octanol–water partition coefficient (Wildman–Crippen LogP) is 2.08. The highest BCUT2D eigenvalue weighted by atomic mass is 16.8. The number of hydrogen-bond acceptors (Lipinski definition) is 3. The van der Waals surface area contributed by atoms with Crippen LogP contribution in [0.1, 0.15) is 25.5 Å². The highest BCUT2D eigenvalue weighted by molar-refractivity contribution is 5.58. The first-order valence-electron chi connectivity index (χ1n) is 4.98. The molecule has 2 rings (SSSR count). The standard InChI is InChI=1S/C12H14O3/c1-12(2)14-10(8-13)11(15-12)9-6-4-3-5-7-9/h3-8,10-11H,1-2H3/t10-,11-/m0/s1. The molecule has 0 spiro atoms. The van der Waals surface area contributed by atoms with Gasteiger partial charge >= 0.3 is 0 Å². The van der Waals surface area contributed by atoms with E-state index in [1.807, 2.05) is 44.2 Å². The van der Waals surface area contributed by atoms with Crippen LogP contribution in [0.4, 0.5) is 0 Å². The van der Waals surface area contributed by atoms with E-state index in [0.717, 1.165) is 11.8 Å². The van der Waals surface area contributed by atoms with Crippen molar-refractivity contribution in [1.82, 2.24) is 0 Å². The van der Waals surface area contributed by atoms with Crippen LogP contribution >= 0.6 is 0 Å². The monoisotopic (exact) mass is 206 g/mol. The number of ether oxygens (including phenoxy) is 2. The van der Waals surface area contributed by atoms with Gasteiger partial charge in [0.25, 0.3) is 0 Å². The highest BCUT2D eigenvalue weighted by Crippen LogP contribution is 2.36. The van der Waals surface area contributed by atoms with Crippen LogP contribution in [0.3, 0.4) is 0 Å². The highest BCUT2D eigenvalue weighted by Gasteiger charge is 2.41. The van der Waals surface area contributed by atoms with Crippen LogP contribution < -0.4 is 0 Å². The molecule has 0 saturated carbocycles. The second-order valence-corrected chi connectivity index (χ2v) is 4.07. The van der Waals surface area contributed by atoms with E-state index < -0.39 is 11.9 Å². The fraction of sp³-hybridized carbons (Fsp3) is 0.417. The van der Waals surface area contributed by atoms with Gasteiger partial charge in [-0.1, -0.05) is 30.3 Å². The third-order valence-electron chi connectivity index (χ3n) is 2.39. The SMILES string of the molecule is CC1(C)O[C@@H](C=O)[C@H](c2ccccc2)O1. The van der Waals surface area contributed by atoms with Crippen molar-refractivity contribution in [3.8, 4) is 0 Å². The molecule has 1 aromatic carbocycles. The van der Waals surface area contributed by atoms with E-state index in [4.69, 9.17) is 9.47 Å². The maximum absolute atomic E-state index is 10.9. The van der Waals surface area contributed by atoms with Crippen molar-refractivity contribution < 1.29 is 14.3 Å². The zero-order valence-corrected chi connectivity index (χ0v) is 8.84. The summed E-state index contributed by atoms with van der Waals surface area (Å²) in [5.74, 6) is -0.688. The van der Waals surface area contributed by atoms with Crippen molar-refractivity contribution >= 4 is 6.29 Å². The lowest BCUT2D eigenvalue weighted by molar-refractivity contribution is -0.150. The van der Waals surface area contributed by atoms with Crippen LogP contribution in [-0.2, 0) is 14.3 Å². The lowest BCUT2D eigenvalue weighted by Gasteiger charge is -2.16. The van der Waals surface area contributed by atoms with Gasteiger partial charge in [-0.3, -0.25) is 0 Å². The minimum absolute atomic E-state index is 0.293. The first kappa shape index (κ1) is 10.3.